The third kappa shape index (κ3) is 5.00. The van der Waals surface area contributed by atoms with E-state index in [2.05, 4.69) is 20.8 Å². The summed E-state index contributed by atoms with van der Waals surface area (Å²) in [7, 11) is 0. The highest BCUT2D eigenvalue weighted by atomic mass is 16.5. The lowest BCUT2D eigenvalue weighted by Crippen LogP contribution is -2.26. The number of aromatic nitrogens is 4. The van der Waals surface area contributed by atoms with Crippen molar-refractivity contribution in [1.82, 2.24) is 31.0 Å². The van der Waals surface area contributed by atoms with Crippen LogP contribution in [0.15, 0.2) is 84.9 Å². The molecule has 1 amide bonds. The van der Waals surface area contributed by atoms with Gasteiger partial charge >= 0.3 is 0 Å². The van der Waals surface area contributed by atoms with Crippen LogP contribution in [0.5, 0.6) is 0 Å². The van der Waals surface area contributed by atoms with Crippen molar-refractivity contribution in [2.45, 2.75) is 19.1 Å². The van der Waals surface area contributed by atoms with Gasteiger partial charge in [0, 0.05) is 12.1 Å². The van der Waals surface area contributed by atoms with Crippen molar-refractivity contribution < 1.29 is 10.0 Å². The fourth-order valence-electron chi connectivity index (χ4n) is 3.35. The molecule has 8 nitrogen and oxygen atoms in total. The molecule has 1 atom stereocenters. The van der Waals surface area contributed by atoms with Crippen LogP contribution in [0.2, 0.25) is 0 Å². The maximum atomic E-state index is 11.5. The van der Waals surface area contributed by atoms with Crippen LogP contribution in [0.1, 0.15) is 38.9 Å². The normalized spacial score (nSPS) is 11.8. The fraction of sp³-hybridized carbons (Fsp3) is 0.130. The van der Waals surface area contributed by atoms with E-state index in [0.29, 0.717) is 24.5 Å². The number of amides is 1. The molecule has 156 valence electrons. The standard InChI is InChI=1S/C23H22N6O2/c30-23(26-31)20-13-11-17(12-14-20)15-24-21(19-9-5-2-6-10-19)22-25-27-28-29(22)16-18-7-3-1-4-8-18/h1-14,21,24,31H,15-16H2,(H,26,30). The van der Waals surface area contributed by atoms with E-state index in [-0.39, 0.29) is 6.04 Å². The lowest BCUT2D eigenvalue weighted by molar-refractivity contribution is 0.0706. The molecular formula is C23H22N6O2. The van der Waals surface area contributed by atoms with Gasteiger partial charge in [0.25, 0.3) is 5.91 Å². The highest BCUT2D eigenvalue weighted by Gasteiger charge is 2.21. The average Bonchev–Trinajstić information content (AvgIpc) is 3.28. The van der Waals surface area contributed by atoms with Crippen LogP contribution in [-0.2, 0) is 13.1 Å². The van der Waals surface area contributed by atoms with Crippen molar-refractivity contribution >= 4 is 5.91 Å². The van der Waals surface area contributed by atoms with Crippen molar-refractivity contribution in [2.24, 2.45) is 0 Å². The second-order valence-corrected chi connectivity index (χ2v) is 7.04. The number of hydroxylamine groups is 1. The van der Waals surface area contributed by atoms with E-state index in [1.54, 1.807) is 22.3 Å². The average molecular weight is 414 g/mol. The maximum absolute atomic E-state index is 11.5. The minimum Gasteiger partial charge on any atom is -0.299 e. The first-order valence-electron chi connectivity index (χ1n) is 9.86. The van der Waals surface area contributed by atoms with Crippen molar-refractivity contribution in [3.8, 4) is 0 Å². The van der Waals surface area contributed by atoms with Crippen molar-refractivity contribution in [3.05, 3.63) is 113 Å². The summed E-state index contributed by atoms with van der Waals surface area (Å²) in [6.45, 7) is 1.11. The number of tetrazole rings is 1. The summed E-state index contributed by atoms with van der Waals surface area (Å²) in [5, 5.41) is 24.7. The van der Waals surface area contributed by atoms with E-state index >= 15 is 0 Å². The van der Waals surface area contributed by atoms with E-state index in [1.807, 2.05) is 72.8 Å². The number of nitrogens with one attached hydrogen (secondary N) is 2. The predicted octanol–water partition coefficient (Wildman–Crippen LogP) is 2.72. The Labute approximate surface area is 179 Å². The van der Waals surface area contributed by atoms with E-state index in [1.165, 1.54) is 0 Å². The third-order valence-electron chi connectivity index (χ3n) is 4.95. The summed E-state index contributed by atoms with van der Waals surface area (Å²) >= 11 is 0. The molecule has 0 radical (unpaired) electrons. The number of benzene rings is 3. The topological polar surface area (TPSA) is 105 Å². The van der Waals surface area contributed by atoms with Gasteiger partial charge < -0.3 is 0 Å². The molecule has 0 saturated heterocycles. The SMILES string of the molecule is O=C(NO)c1ccc(CNC(c2ccccc2)c2nnnn2Cc2ccccc2)cc1. The molecule has 1 heterocycles. The van der Waals surface area contributed by atoms with Crippen LogP contribution < -0.4 is 10.8 Å². The summed E-state index contributed by atoms with van der Waals surface area (Å²) in [5.74, 6) is 0.174. The van der Waals surface area contributed by atoms with Gasteiger partial charge in [0.2, 0.25) is 0 Å². The summed E-state index contributed by atoms with van der Waals surface area (Å²) in [6, 6.07) is 26.9. The summed E-state index contributed by atoms with van der Waals surface area (Å²) < 4.78 is 1.80. The first-order chi connectivity index (χ1) is 15.2. The fourth-order valence-corrected chi connectivity index (χ4v) is 3.35. The number of hydrogen-bond acceptors (Lipinski definition) is 6. The Hall–Kier alpha value is -3.88. The molecule has 3 N–H and O–H groups in total. The molecule has 8 heteroatoms. The molecule has 0 fully saturated rings. The number of carbonyl (C=O) groups excluding carboxylic acids is 1. The molecule has 0 aliphatic heterocycles. The number of nitrogens with zero attached hydrogens (tertiary/aromatic N) is 4. The van der Waals surface area contributed by atoms with Crippen molar-refractivity contribution in [3.63, 3.8) is 0 Å². The van der Waals surface area contributed by atoms with Gasteiger partial charge in [0.1, 0.15) is 0 Å². The zero-order valence-corrected chi connectivity index (χ0v) is 16.7. The Balaban J connectivity index is 1.57. The molecule has 0 saturated carbocycles. The molecule has 4 rings (SSSR count). The Morgan fingerprint density at radius 3 is 2.26 bits per heavy atom. The number of rotatable bonds is 8. The first-order valence-corrected chi connectivity index (χ1v) is 9.86. The van der Waals surface area contributed by atoms with E-state index in [9.17, 15) is 4.79 Å². The lowest BCUT2D eigenvalue weighted by Gasteiger charge is -2.19. The van der Waals surface area contributed by atoms with Gasteiger partial charge in [-0.2, -0.15) is 0 Å². The highest BCUT2D eigenvalue weighted by molar-refractivity contribution is 5.93. The molecular weight excluding hydrogens is 392 g/mol. The van der Waals surface area contributed by atoms with Gasteiger partial charge in [0.05, 0.1) is 12.6 Å². The summed E-state index contributed by atoms with van der Waals surface area (Å²) in [5.41, 5.74) is 5.16. The summed E-state index contributed by atoms with van der Waals surface area (Å²) in [4.78, 5) is 11.5. The zero-order valence-electron chi connectivity index (χ0n) is 16.7. The van der Waals surface area contributed by atoms with Gasteiger partial charge in [-0.05, 0) is 39.2 Å². The number of hydrogen-bond donors (Lipinski definition) is 3. The van der Waals surface area contributed by atoms with Gasteiger partial charge in [-0.25, -0.2) is 10.2 Å². The van der Waals surface area contributed by atoms with Crippen LogP contribution >= 0.6 is 0 Å². The maximum Gasteiger partial charge on any atom is 0.274 e. The second-order valence-electron chi connectivity index (χ2n) is 7.04. The Morgan fingerprint density at radius 2 is 1.58 bits per heavy atom. The van der Waals surface area contributed by atoms with Crippen LogP contribution in [0.25, 0.3) is 0 Å². The Bertz CT molecular complexity index is 1110. The number of carbonyl (C=O) groups is 1. The van der Waals surface area contributed by atoms with Gasteiger partial charge in [-0.15, -0.1) is 5.10 Å². The predicted molar refractivity (Wildman–Crippen MR) is 114 cm³/mol. The first kappa shape index (κ1) is 20.4. The van der Waals surface area contributed by atoms with E-state index in [0.717, 1.165) is 16.7 Å². The Kier molecular flexibility index (Phi) is 6.41. The van der Waals surface area contributed by atoms with Crippen LogP contribution in [0, 0.1) is 0 Å². The molecule has 0 bridgehead atoms. The van der Waals surface area contributed by atoms with E-state index < -0.39 is 5.91 Å². The lowest BCUT2D eigenvalue weighted by atomic mass is 10.0. The molecule has 0 spiro atoms. The monoisotopic (exact) mass is 414 g/mol. The molecule has 3 aromatic carbocycles. The minimum atomic E-state index is -0.540. The van der Waals surface area contributed by atoms with Crippen molar-refractivity contribution in [1.29, 1.82) is 0 Å². The van der Waals surface area contributed by atoms with Crippen LogP contribution in [0.3, 0.4) is 0 Å². The smallest absolute Gasteiger partial charge is 0.274 e. The van der Waals surface area contributed by atoms with Gasteiger partial charge in [-0.1, -0.05) is 72.8 Å². The molecule has 1 unspecified atom stereocenters. The Morgan fingerprint density at radius 1 is 0.903 bits per heavy atom. The minimum absolute atomic E-state index is 0.222. The quantitative estimate of drug-likeness (QED) is 0.302. The molecule has 31 heavy (non-hydrogen) atoms. The third-order valence-corrected chi connectivity index (χ3v) is 4.95. The van der Waals surface area contributed by atoms with Gasteiger partial charge in [-0.3, -0.25) is 15.3 Å². The van der Waals surface area contributed by atoms with Crippen LogP contribution in [0.4, 0.5) is 0 Å². The largest absolute Gasteiger partial charge is 0.299 e. The van der Waals surface area contributed by atoms with Gasteiger partial charge in [0.15, 0.2) is 5.82 Å². The zero-order chi connectivity index (χ0) is 21.5. The van der Waals surface area contributed by atoms with Crippen molar-refractivity contribution in [2.75, 3.05) is 0 Å². The van der Waals surface area contributed by atoms with E-state index in [4.69, 9.17) is 5.21 Å². The molecule has 0 aliphatic rings. The summed E-state index contributed by atoms with van der Waals surface area (Å²) in [6.07, 6.45) is 0. The molecule has 4 aromatic rings. The second kappa shape index (κ2) is 9.75. The highest BCUT2D eigenvalue weighted by Crippen LogP contribution is 2.21. The molecule has 1 aromatic heterocycles. The molecule has 0 aliphatic carbocycles. The van der Waals surface area contributed by atoms with Crippen LogP contribution in [-0.4, -0.2) is 31.3 Å².